The Morgan fingerprint density at radius 1 is 0.969 bits per heavy atom. The molecule has 2 rings (SSSR count). The minimum Gasteiger partial charge on any atom is -0.360 e. The Bertz CT molecular complexity index is 1010. The Hall–Kier alpha value is -3.48. The molecule has 2 N–H and O–H groups in total. The fourth-order valence-electron chi connectivity index (χ4n) is 2.93. The lowest BCUT2D eigenvalue weighted by Gasteiger charge is -2.15. The van der Waals surface area contributed by atoms with Crippen molar-refractivity contribution in [3.8, 4) is 6.07 Å². The van der Waals surface area contributed by atoms with Crippen LogP contribution < -0.4 is 10.6 Å². The van der Waals surface area contributed by atoms with Crippen LogP contribution in [0.3, 0.4) is 0 Å². The average Bonchev–Trinajstić information content (AvgIpc) is 2.72. The van der Waals surface area contributed by atoms with Gasteiger partial charge < -0.3 is 10.6 Å². The van der Waals surface area contributed by atoms with Crippen LogP contribution in [0.4, 0.5) is 37.7 Å². The van der Waals surface area contributed by atoms with E-state index < -0.39 is 40.6 Å². The summed E-state index contributed by atoms with van der Waals surface area (Å²) < 4.78 is 77.9. The molecule has 0 aliphatic heterocycles. The van der Waals surface area contributed by atoms with Crippen molar-refractivity contribution in [1.82, 2.24) is 0 Å². The maximum Gasteiger partial charge on any atom is 0.416 e. The Labute approximate surface area is 180 Å². The highest BCUT2D eigenvalue weighted by molar-refractivity contribution is 6.07. The Balaban J connectivity index is 2.36. The van der Waals surface area contributed by atoms with Gasteiger partial charge in [-0.25, -0.2) is 0 Å². The molecule has 1 amide bonds. The zero-order valence-corrected chi connectivity index (χ0v) is 17.1. The molecule has 2 aromatic rings. The molecule has 10 heteroatoms. The molecule has 0 bridgehead atoms. The third-order valence-electron chi connectivity index (χ3n) is 4.57. The topological polar surface area (TPSA) is 64.9 Å². The predicted molar refractivity (Wildman–Crippen MR) is 108 cm³/mol. The first-order valence-corrected chi connectivity index (χ1v) is 9.49. The summed E-state index contributed by atoms with van der Waals surface area (Å²) in [6.45, 7) is 3.75. The van der Waals surface area contributed by atoms with Crippen molar-refractivity contribution >= 4 is 17.3 Å². The van der Waals surface area contributed by atoms with Gasteiger partial charge in [-0.05, 0) is 42.2 Å². The highest BCUT2D eigenvalue weighted by Gasteiger charge is 2.36. The van der Waals surface area contributed by atoms with Crippen LogP contribution in [0.15, 0.2) is 48.2 Å². The number of nitrogens with zero attached hydrogens (tertiary/aromatic N) is 1. The molecule has 0 heterocycles. The van der Waals surface area contributed by atoms with Crippen molar-refractivity contribution in [3.05, 3.63) is 70.4 Å². The van der Waals surface area contributed by atoms with Gasteiger partial charge in [-0.2, -0.15) is 31.6 Å². The first-order valence-electron chi connectivity index (χ1n) is 9.49. The first kappa shape index (κ1) is 24.8. The number of para-hydroxylation sites is 1. The first-order chi connectivity index (χ1) is 14.9. The molecule has 0 saturated heterocycles. The van der Waals surface area contributed by atoms with Crippen LogP contribution in [0, 0.1) is 11.3 Å². The zero-order chi connectivity index (χ0) is 24.1. The number of amides is 1. The van der Waals surface area contributed by atoms with E-state index in [1.807, 2.05) is 19.9 Å². The molecular weight excluding hydrogens is 436 g/mol. The van der Waals surface area contributed by atoms with Crippen LogP contribution in [0.25, 0.3) is 0 Å². The summed E-state index contributed by atoms with van der Waals surface area (Å²) in [6.07, 6.45) is -8.07. The van der Waals surface area contributed by atoms with Crippen LogP contribution in [0.5, 0.6) is 0 Å². The van der Waals surface area contributed by atoms with E-state index in [-0.39, 0.29) is 6.07 Å². The standard InChI is InChI=1S/C22H19F6N3O/c1-3-13-6-5-7-14(4-2)19(13)31-20(32)15(11-29)12-30-18-9-16(21(23,24)25)8-17(10-18)22(26,27)28/h5-10,12,30H,3-4H2,1-2H3,(H,31,32)/b15-12-. The van der Waals surface area contributed by atoms with E-state index in [2.05, 4.69) is 10.6 Å². The molecule has 4 nitrogen and oxygen atoms in total. The molecular formula is C22H19F6N3O. The van der Waals surface area contributed by atoms with Crippen molar-refractivity contribution in [2.45, 2.75) is 39.0 Å². The normalized spacial score (nSPS) is 12.3. The molecule has 32 heavy (non-hydrogen) atoms. The summed E-state index contributed by atoms with van der Waals surface area (Å²) in [5.41, 5.74) is -1.99. The second kappa shape index (κ2) is 9.77. The van der Waals surface area contributed by atoms with Crippen molar-refractivity contribution < 1.29 is 31.1 Å². The molecule has 0 atom stereocenters. The van der Waals surface area contributed by atoms with E-state index in [1.165, 1.54) is 0 Å². The summed E-state index contributed by atoms with van der Waals surface area (Å²) in [7, 11) is 0. The predicted octanol–water partition coefficient (Wildman–Crippen LogP) is 6.31. The number of anilines is 2. The lowest BCUT2D eigenvalue weighted by molar-refractivity contribution is -0.143. The molecule has 0 spiro atoms. The fraction of sp³-hybridized carbons (Fsp3) is 0.273. The largest absolute Gasteiger partial charge is 0.416 e. The minimum absolute atomic E-state index is 0.0131. The Morgan fingerprint density at radius 2 is 1.47 bits per heavy atom. The highest BCUT2D eigenvalue weighted by atomic mass is 19.4. The van der Waals surface area contributed by atoms with Gasteiger partial charge in [-0.3, -0.25) is 4.79 Å². The number of alkyl halides is 6. The van der Waals surface area contributed by atoms with Gasteiger partial charge in [0.05, 0.1) is 11.1 Å². The highest BCUT2D eigenvalue weighted by Crippen LogP contribution is 2.37. The number of carbonyl (C=O) groups is 1. The van der Waals surface area contributed by atoms with Crippen LogP contribution in [0.2, 0.25) is 0 Å². The Morgan fingerprint density at radius 3 is 1.88 bits per heavy atom. The second-order valence-corrected chi connectivity index (χ2v) is 6.72. The number of nitriles is 1. The van der Waals surface area contributed by atoms with Gasteiger partial charge in [0.25, 0.3) is 5.91 Å². The molecule has 0 aliphatic rings. The van der Waals surface area contributed by atoms with E-state index in [4.69, 9.17) is 0 Å². The number of rotatable bonds is 6. The lowest BCUT2D eigenvalue weighted by Crippen LogP contribution is -2.17. The van der Waals surface area contributed by atoms with E-state index in [1.54, 1.807) is 18.2 Å². The lowest BCUT2D eigenvalue weighted by atomic mass is 10.0. The number of nitrogens with one attached hydrogen (secondary N) is 2. The third-order valence-corrected chi connectivity index (χ3v) is 4.57. The minimum atomic E-state index is -5.02. The van der Waals surface area contributed by atoms with Gasteiger partial charge in [0.2, 0.25) is 0 Å². The summed E-state index contributed by atoms with van der Waals surface area (Å²) in [5.74, 6) is -0.848. The van der Waals surface area contributed by atoms with Crippen LogP contribution in [0.1, 0.15) is 36.1 Å². The summed E-state index contributed by atoms with van der Waals surface area (Å²) >= 11 is 0. The maximum atomic E-state index is 13.0. The van der Waals surface area contributed by atoms with Crippen LogP contribution >= 0.6 is 0 Å². The summed E-state index contributed by atoms with van der Waals surface area (Å²) in [5, 5.41) is 14.1. The van der Waals surface area contributed by atoms with E-state index in [0.29, 0.717) is 30.7 Å². The maximum absolute atomic E-state index is 13.0. The van der Waals surface area contributed by atoms with Crippen molar-refractivity contribution in [3.63, 3.8) is 0 Å². The molecule has 0 unspecified atom stereocenters. The number of halogens is 6. The number of carbonyl (C=O) groups excluding carboxylic acids is 1. The number of benzene rings is 2. The van der Waals surface area contributed by atoms with Crippen molar-refractivity contribution in [1.29, 1.82) is 5.26 Å². The van der Waals surface area contributed by atoms with Gasteiger partial charge in [0.1, 0.15) is 11.6 Å². The molecule has 0 aliphatic carbocycles. The monoisotopic (exact) mass is 455 g/mol. The molecule has 0 aromatic heterocycles. The van der Waals surface area contributed by atoms with Gasteiger partial charge in [-0.1, -0.05) is 32.0 Å². The van der Waals surface area contributed by atoms with Crippen LogP contribution in [-0.4, -0.2) is 5.91 Å². The summed E-state index contributed by atoms with van der Waals surface area (Å²) in [6, 6.07) is 7.92. The zero-order valence-electron chi connectivity index (χ0n) is 17.1. The van der Waals surface area contributed by atoms with Gasteiger partial charge in [0, 0.05) is 17.6 Å². The van der Waals surface area contributed by atoms with Crippen molar-refractivity contribution in [2.24, 2.45) is 0 Å². The summed E-state index contributed by atoms with van der Waals surface area (Å²) in [4.78, 5) is 12.6. The molecule has 0 saturated carbocycles. The molecule has 0 radical (unpaired) electrons. The third kappa shape index (κ3) is 6.03. The fourth-order valence-corrected chi connectivity index (χ4v) is 2.93. The number of hydrogen-bond acceptors (Lipinski definition) is 3. The van der Waals surface area contributed by atoms with Gasteiger partial charge in [-0.15, -0.1) is 0 Å². The van der Waals surface area contributed by atoms with E-state index in [9.17, 15) is 36.4 Å². The van der Waals surface area contributed by atoms with Gasteiger partial charge in [0.15, 0.2) is 0 Å². The SMILES string of the molecule is CCc1cccc(CC)c1NC(=O)/C(C#N)=C\Nc1cc(C(F)(F)F)cc(C(F)(F)F)c1. The smallest absolute Gasteiger partial charge is 0.360 e. The average molecular weight is 455 g/mol. The number of hydrogen-bond donors (Lipinski definition) is 2. The van der Waals surface area contributed by atoms with E-state index >= 15 is 0 Å². The Kier molecular flexibility index (Phi) is 7.56. The molecule has 170 valence electrons. The molecule has 2 aromatic carbocycles. The number of aryl methyl sites for hydroxylation is 2. The van der Waals surface area contributed by atoms with E-state index in [0.717, 1.165) is 17.3 Å². The quantitative estimate of drug-likeness (QED) is 0.305. The van der Waals surface area contributed by atoms with Crippen molar-refractivity contribution in [2.75, 3.05) is 10.6 Å². The van der Waals surface area contributed by atoms with Gasteiger partial charge >= 0.3 is 12.4 Å². The second-order valence-electron chi connectivity index (χ2n) is 6.72. The molecule has 0 fully saturated rings. The van der Waals surface area contributed by atoms with Crippen LogP contribution in [-0.2, 0) is 30.0 Å².